The SMILES string of the molecule is CC(C)(C)OC(=O)N1CC2C3CC(=O)C(O3)C2C1. The number of hydrogen-bond donors (Lipinski definition) is 0. The van der Waals surface area contributed by atoms with Crippen LogP contribution in [0.5, 0.6) is 0 Å². The normalized spacial score (nSPS) is 38.2. The predicted octanol–water partition coefficient (Wildman–Crippen LogP) is 1.21. The quantitative estimate of drug-likeness (QED) is 0.651. The van der Waals surface area contributed by atoms with Crippen LogP contribution in [-0.4, -0.2) is 47.7 Å². The van der Waals surface area contributed by atoms with E-state index in [0.29, 0.717) is 25.4 Å². The van der Waals surface area contributed by atoms with Crippen LogP contribution in [0.1, 0.15) is 27.2 Å². The molecule has 3 heterocycles. The molecule has 0 aromatic rings. The van der Waals surface area contributed by atoms with Gasteiger partial charge in [0, 0.05) is 31.3 Å². The van der Waals surface area contributed by atoms with Gasteiger partial charge in [-0.05, 0) is 20.8 Å². The number of nitrogens with zero attached hydrogens (tertiary/aromatic N) is 1. The van der Waals surface area contributed by atoms with Gasteiger partial charge in [0.2, 0.25) is 0 Å². The van der Waals surface area contributed by atoms with Gasteiger partial charge in [-0.25, -0.2) is 4.79 Å². The summed E-state index contributed by atoms with van der Waals surface area (Å²) in [5.41, 5.74) is -0.472. The molecule has 4 unspecified atom stereocenters. The number of ketones is 1. The number of amides is 1. The molecular formula is C13H19NO4. The number of Topliss-reactive ketones (excluding diaryl/α,β-unsaturated/α-hetero) is 1. The highest BCUT2D eigenvalue weighted by atomic mass is 16.6. The molecule has 1 amide bonds. The van der Waals surface area contributed by atoms with E-state index in [9.17, 15) is 9.59 Å². The van der Waals surface area contributed by atoms with E-state index >= 15 is 0 Å². The highest BCUT2D eigenvalue weighted by Crippen LogP contribution is 2.45. The van der Waals surface area contributed by atoms with Crippen molar-refractivity contribution in [3.63, 3.8) is 0 Å². The number of likely N-dealkylation sites (tertiary alicyclic amines) is 1. The molecule has 3 aliphatic rings. The van der Waals surface area contributed by atoms with E-state index in [0.717, 1.165) is 0 Å². The number of rotatable bonds is 0. The van der Waals surface area contributed by atoms with Crippen molar-refractivity contribution in [2.24, 2.45) is 11.8 Å². The van der Waals surface area contributed by atoms with Crippen LogP contribution in [0.15, 0.2) is 0 Å². The van der Waals surface area contributed by atoms with E-state index in [4.69, 9.17) is 9.47 Å². The summed E-state index contributed by atoms with van der Waals surface area (Å²) in [5, 5.41) is 0. The van der Waals surface area contributed by atoms with Crippen LogP contribution in [0.2, 0.25) is 0 Å². The van der Waals surface area contributed by atoms with E-state index in [1.54, 1.807) is 4.90 Å². The summed E-state index contributed by atoms with van der Waals surface area (Å²) in [6, 6.07) is 0. The van der Waals surface area contributed by atoms with Crippen molar-refractivity contribution in [2.45, 2.75) is 45.0 Å². The third-order valence-corrected chi connectivity index (χ3v) is 3.97. The maximum absolute atomic E-state index is 12.0. The number of carbonyl (C=O) groups is 2. The third-order valence-electron chi connectivity index (χ3n) is 3.97. The molecule has 3 fully saturated rings. The number of hydrogen-bond acceptors (Lipinski definition) is 4. The first-order valence-corrected chi connectivity index (χ1v) is 6.51. The first-order chi connectivity index (χ1) is 8.35. The van der Waals surface area contributed by atoms with Crippen molar-refractivity contribution in [3.8, 4) is 0 Å². The zero-order valence-electron chi connectivity index (χ0n) is 11.0. The van der Waals surface area contributed by atoms with Gasteiger partial charge in [-0.1, -0.05) is 0 Å². The van der Waals surface area contributed by atoms with Crippen molar-refractivity contribution in [1.29, 1.82) is 0 Å². The Morgan fingerprint density at radius 2 is 2.00 bits per heavy atom. The van der Waals surface area contributed by atoms with E-state index in [1.165, 1.54) is 0 Å². The molecule has 5 heteroatoms. The second-order valence-corrected chi connectivity index (χ2v) is 6.48. The monoisotopic (exact) mass is 253 g/mol. The predicted molar refractivity (Wildman–Crippen MR) is 63.1 cm³/mol. The molecule has 2 bridgehead atoms. The van der Waals surface area contributed by atoms with E-state index in [1.807, 2.05) is 20.8 Å². The fraction of sp³-hybridized carbons (Fsp3) is 0.846. The lowest BCUT2D eigenvalue weighted by molar-refractivity contribution is -0.123. The highest BCUT2D eigenvalue weighted by molar-refractivity contribution is 5.87. The van der Waals surface area contributed by atoms with Crippen molar-refractivity contribution >= 4 is 11.9 Å². The minimum atomic E-state index is -0.472. The molecule has 0 aromatic carbocycles. The van der Waals surface area contributed by atoms with Gasteiger partial charge in [0.15, 0.2) is 5.78 Å². The Kier molecular flexibility index (Phi) is 2.46. The van der Waals surface area contributed by atoms with E-state index in [2.05, 4.69) is 0 Å². The largest absolute Gasteiger partial charge is 0.444 e. The second kappa shape index (κ2) is 3.70. The Balaban J connectivity index is 1.67. The second-order valence-electron chi connectivity index (χ2n) is 6.48. The standard InChI is InChI=1S/C13H19NO4/c1-13(2,3)18-12(16)14-5-7-8(6-14)11-9(15)4-10(7)17-11/h7-8,10-11H,4-6H2,1-3H3. The molecule has 0 spiro atoms. The lowest BCUT2D eigenvalue weighted by Crippen LogP contribution is -2.37. The lowest BCUT2D eigenvalue weighted by Gasteiger charge is -2.25. The smallest absolute Gasteiger partial charge is 0.410 e. The third kappa shape index (κ3) is 1.81. The Labute approximate surface area is 106 Å². The Morgan fingerprint density at radius 1 is 1.33 bits per heavy atom. The zero-order valence-corrected chi connectivity index (χ0v) is 11.0. The molecule has 0 N–H and O–H groups in total. The van der Waals surface area contributed by atoms with Gasteiger partial charge < -0.3 is 14.4 Å². The molecule has 3 saturated heterocycles. The van der Waals surface area contributed by atoms with Crippen molar-refractivity contribution in [2.75, 3.05) is 13.1 Å². The van der Waals surface area contributed by atoms with Crippen molar-refractivity contribution in [3.05, 3.63) is 0 Å². The van der Waals surface area contributed by atoms with Crippen LogP contribution < -0.4 is 0 Å². The Hall–Kier alpha value is -1.10. The molecule has 3 aliphatic heterocycles. The fourth-order valence-electron chi connectivity index (χ4n) is 3.26. The van der Waals surface area contributed by atoms with Crippen LogP contribution in [-0.2, 0) is 14.3 Å². The van der Waals surface area contributed by atoms with Gasteiger partial charge in [0.1, 0.15) is 11.7 Å². The van der Waals surface area contributed by atoms with Gasteiger partial charge in [0.05, 0.1) is 6.10 Å². The van der Waals surface area contributed by atoms with Crippen LogP contribution in [0.4, 0.5) is 4.79 Å². The van der Waals surface area contributed by atoms with Gasteiger partial charge in [-0.2, -0.15) is 0 Å². The van der Waals surface area contributed by atoms with E-state index in [-0.39, 0.29) is 30.0 Å². The summed E-state index contributed by atoms with van der Waals surface area (Å²) < 4.78 is 11.0. The summed E-state index contributed by atoms with van der Waals surface area (Å²) in [7, 11) is 0. The summed E-state index contributed by atoms with van der Waals surface area (Å²) >= 11 is 0. The molecule has 5 nitrogen and oxygen atoms in total. The van der Waals surface area contributed by atoms with Gasteiger partial charge in [0.25, 0.3) is 0 Å². The average Bonchev–Trinajstić information content (AvgIpc) is 2.82. The number of carbonyl (C=O) groups excluding carboxylic acids is 2. The minimum absolute atomic E-state index is 0.0277. The maximum Gasteiger partial charge on any atom is 0.410 e. The summed E-state index contributed by atoms with van der Waals surface area (Å²) in [6.45, 7) is 6.83. The molecule has 18 heavy (non-hydrogen) atoms. The molecule has 3 rings (SSSR count). The highest BCUT2D eigenvalue weighted by Gasteiger charge is 2.58. The van der Waals surface area contributed by atoms with E-state index < -0.39 is 5.60 Å². The Bertz CT molecular complexity index is 400. The van der Waals surface area contributed by atoms with Gasteiger partial charge in [-0.15, -0.1) is 0 Å². The lowest BCUT2D eigenvalue weighted by atomic mass is 9.81. The van der Waals surface area contributed by atoms with Crippen LogP contribution in [0.3, 0.4) is 0 Å². The maximum atomic E-state index is 12.0. The number of ether oxygens (including phenoxy) is 2. The summed E-state index contributed by atoms with van der Waals surface area (Å²) in [4.78, 5) is 25.3. The molecule has 0 aromatic heterocycles. The van der Waals surface area contributed by atoms with Crippen LogP contribution in [0.25, 0.3) is 0 Å². The Morgan fingerprint density at radius 3 is 2.67 bits per heavy atom. The molecule has 100 valence electrons. The molecule has 4 atom stereocenters. The van der Waals surface area contributed by atoms with Crippen LogP contribution in [0, 0.1) is 11.8 Å². The average molecular weight is 253 g/mol. The van der Waals surface area contributed by atoms with Crippen molar-refractivity contribution < 1.29 is 19.1 Å². The molecular weight excluding hydrogens is 234 g/mol. The van der Waals surface area contributed by atoms with Gasteiger partial charge >= 0.3 is 6.09 Å². The van der Waals surface area contributed by atoms with Gasteiger partial charge in [-0.3, -0.25) is 4.79 Å². The first kappa shape index (κ1) is 12.0. The molecule has 0 saturated carbocycles. The van der Waals surface area contributed by atoms with Crippen LogP contribution >= 0.6 is 0 Å². The first-order valence-electron chi connectivity index (χ1n) is 6.51. The number of fused-ring (bicyclic) bond motifs is 5. The van der Waals surface area contributed by atoms with Crippen molar-refractivity contribution in [1.82, 2.24) is 4.90 Å². The zero-order chi connectivity index (χ0) is 13.1. The fourth-order valence-corrected chi connectivity index (χ4v) is 3.26. The summed E-state index contributed by atoms with van der Waals surface area (Å²) in [5.74, 6) is 0.705. The molecule has 0 radical (unpaired) electrons. The minimum Gasteiger partial charge on any atom is -0.444 e. The topological polar surface area (TPSA) is 55.8 Å². The summed E-state index contributed by atoms with van der Waals surface area (Å²) in [6.07, 6.45) is 0.00434. The molecule has 0 aliphatic carbocycles.